The van der Waals surface area contributed by atoms with Gasteiger partial charge in [-0.15, -0.1) is 0 Å². The molecule has 7 heteroatoms. The first kappa shape index (κ1) is 20.0. The van der Waals surface area contributed by atoms with Gasteiger partial charge in [0.25, 0.3) is 5.91 Å². The molecule has 7 nitrogen and oxygen atoms in total. The molecule has 0 radical (unpaired) electrons. The minimum atomic E-state index is -0.191. The number of aliphatic hydroxyl groups excluding tert-OH is 1. The lowest BCUT2D eigenvalue weighted by Crippen LogP contribution is -2.55. The fourth-order valence-corrected chi connectivity index (χ4v) is 6.40. The normalized spacial score (nSPS) is 27.0. The highest BCUT2D eigenvalue weighted by atomic mass is 16.4. The highest BCUT2D eigenvalue weighted by molar-refractivity contribution is 5.97. The maximum atomic E-state index is 12.7. The minimum absolute atomic E-state index is 0.0537. The van der Waals surface area contributed by atoms with Crippen molar-refractivity contribution in [2.24, 2.45) is 11.3 Å². The van der Waals surface area contributed by atoms with Crippen molar-refractivity contribution in [3.8, 4) is 0 Å². The molecule has 2 atom stereocenters. The molecular formula is C25H29N3O4. The molecule has 2 saturated heterocycles. The number of nitrogens with zero attached hydrogens (tertiary/aromatic N) is 2. The molecule has 2 amide bonds. The summed E-state index contributed by atoms with van der Waals surface area (Å²) in [6.07, 6.45) is 4.36. The summed E-state index contributed by atoms with van der Waals surface area (Å²) in [5.74, 6) is 1.18. The van der Waals surface area contributed by atoms with Crippen molar-refractivity contribution < 1.29 is 19.1 Å². The Bertz CT molecular complexity index is 1050. The van der Waals surface area contributed by atoms with Crippen LogP contribution in [0.15, 0.2) is 40.8 Å². The summed E-state index contributed by atoms with van der Waals surface area (Å²) < 4.78 is 5.42. The number of hydrogen-bond donors (Lipinski definition) is 2. The quantitative estimate of drug-likeness (QED) is 0.774. The van der Waals surface area contributed by atoms with Gasteiger partial charge >= 0.3 is 0 Å². The first-order chi connectivity index (χ1) is 15.5. The molecule has 1 aliphatic carbocycles. The molecule has 0 bridgehead atoms. The van der Waals surface area contributed by atoms with Crippen LogP contribution < -0.4 is 5.32 Å². The van der Waals surface area contributed by atoms with E-state index >= 15 is 0 Å². The SMILES string of the molecule is O=C1Nc2ccccc2[C@H]2CN(C3CC4(CCN(C(=O)c5ccc(CO)o5)CC4)C3)C[C@H]12. The molecule has 1 spiro atoms. The molecule has 4 heterocycles. The number of carbonyl (C=O) groups is 2. The van der Waals surface area contributed by atoms with E-state index in [-0.39, 0.29) is 24.3 Å². The van der Waals surface area contributed by atoms with E-state index in [0.717, 1.165) is 57.5 Å². The second-order valence-electron chi connectivity index (χ2n) is 10.0. The van der Waals surface area contributed by atoms with Crippen molar-refractivity contribution in [2.45, 2.75) is 44.2 Å². The van der Waals surface area contributed by atoms with Crippen LogP contribution in [0.5, 0.6) is 0 Å². The molecule has 2 aromatic rings. The van der Waals surface area contributed by atoms with E-state index < -0.39 is 0 Å². The van der Waals surface area contributed by atoms with Gasteiger partial charge in [-0.2, -0.15) is 0 Å². The Kier molecular flexibility index (Phi) is 4.66. The predicted octanol–water partition coefficient (Wildman–Crippen LogP) is 2.82. The number of aliphatic hydroxyl groups is 1. The van der Waals surface area contributed by atoms with Crippen LogP contribution in [0.25, 0.3) is 0 Å². The van der Waals surface area contributed by atoms with Gasteiger partial charge in [0, 0.05) is 43.8 Å². The lowest BCUT2D eigenvalue weighted by molar-refractivity contribution is -0.120. The first-order valence-corrected chi connectivity index (χ1v) is 11.7. The Morgan fingerprint density at radius 1 is 1.09 bits per heavy atom. The molecule has 1 aromatic heterocycles. The molecule has 0 unspecified atom stereocenters. The average molecular weight is 436 g/mol. The monoisotopic (exact) mass is 435 g/mol. The smallest absolute Gasteiger partial charge is 0.289 e. The van der Waals surface area contributed by atoms with Gasteiger partial charge in [-0.25, -0.2) is 0 Å². The van der Waals surface area contributed by atoms with E-state index in [9.17, 15) is 9.59 Å². The third-order valence-corrected chi connectivity index (χ3v) is 8.30. The third-order valence-electron chi connectivity index (χ3n) is 8.30. The number of rotatable bonds is 3. The molecule has 3 fully saturated rings. The summed E-state index contributed by atoms with van der Waals surface area (Å²) in [6.45, 7) is 3.13. The number of carbonyl (C=O) groups excluding carboxylic acids is 2. The van der Waals surface area contributed by atoms with Gasteiger partial charge in [-0.05, 0) is 54.9 Å². The number of fused-ring (bicyclic) bond motifs is 3. The number of nitrogens with one attached hydrogen (secondary N) is 1. The molecule has 168 valence electrons. The highest BCUT2D eigenvalue weighted by Crippen LogP contribution is 2.53. The number of anilines is 1. The van der Waals surface area contributed by atoms with Crippen molar-refractivity contribution in [3.63, 3.8) is 0 Å². The molecule has 4 aliphatic rings. The molecule has 1 saturated carbocycles. The van der Waals surface area contributed by atoms with Crippen LogP contribution in [-0.4, -0.2) is 58.9 Å². The Hall–Kier alpha value is -2.64. The first-order valence-electron chi connectivity index (χ1n) is 11.7. The Morgan fingerprint density at radius 2 is 1.84 bits per heavy atom. The summed E-state index contributed by atoms with van der Waals surface area (Å²) in [4.78, 5) is 29.8. The van der Waals surface area contributed by atoms with Gasteiger partial charge < -0.3 is 19.7 Å². The molecule has 32 heavy (non-hydrogen) atoms. The van der Waals surface area contributed by atoms with Crippen molar-refractivity contribution in [3.05, 3.63) is 53.5 Å². The summed E-state index contributed by atoms with van der Waals surface area (Å²) in [5, 5.41) is 12.2. The summed E-state index contributed by atoms with van der Waals surface area (Å²) in [7, 11) is 0. The zero-order chi connectivity index (χ0) is 21.9. The predicted molar refractivity (Wildman–Crippen MR) is 118 cm³/mol. The highest BCUT2D eigenvalue weighted by Gasteiger charge is 2.52. The number of piperidine rings is 1. The number of para-hydroxylation sites is 1. The van der Waals surface area contributed by atoms with Gasteiger partial charge in [-0.3, -0.25) is 14.5 Å². The van der Waals surface area contributed by atoms with Crippen LogP contribution in [0, 0.1) is 11.3 Å². The van der Waals surface area contributed by atoms with Gasteiger partial charge in [-0.1, -0.05) is 18.2 Å². The van der Waals surface area contributed by atoms with Gasteiger partial charge in [0.2, 0.25) is 5.91 Å². The van der Waals surface area contributed by atoms with Gasteiger partial charge in [0.05, 0.1) is 5.92 Å². The van der Waals surface area contributed by atoms with E-state index in [1.165, 1.54) is 5.56 Å². The number of amides is 2. The molecule has 2 N–H and O–H groups in total. The number of furan rings is 1. The molecular weight excluding hydrogens is 406 g/mol. The number of benzene rings is 1. The summed E-state index contributed by atoms with van der Waals surface area (Å²) in [5.41, 5.74) is 2.59. The maximum Gasteiger partial charge on any atom is 0.289 e. The minimum Gasteiger partial charge on any atom is -0.453 e. The van der Waals surface area contributed by atoms with E-state index in [1.807, 2.05) is 17.0 Å². The largest absolute Gasteiger partial charge is 0.453 e. The standard InChI is InChI=1S/C25H29N3O4/c29-15-17-5-6-22(32-17)24(31)27-9-7-25(8-10-27)11-16(12-25)28-13-19-18-3-1-2-4-21(18)26-23(30)20(19)14-28/h1-6,16,19-20,29H,7-15H2,(H,26,30)/t19-,20+/m1/s1. The summed E-state index contributed by atoms with van der Waals surface area (Å²) in [6, 6.07) is 12.1. The Balaban J connectivity index is 1.06. The fraction of sp³-hybridized carbons (Fsp3) is 0.520. The maximum absolute atomic E-state index is 12.7. The van der Waals surface area contributed by atoms with Crippen LogP contribution in [0.1, 0.15) is 53.5 Å². The number of hydrogen-bond acceptors (Lipinski definition) is 5. The molecule has 3 aliphatic heterocycles. The zero-order valence-corrected chi connectivity index (χ0v) is 18.1. The molecule has 1 aromatic carbocycles. The van der Waals surface area contributed by atoms with Crippen molar-refractivity contribution >= 4 is 17.5 Å². The van der Waals surface area contributed by atoms with Gasteiger partial charge in [0.1, 0.15) is 12.4 Å². The van der Waals surface area contributed by atoms with Crippen LogP contribution in [0.4, 0.5) is 5.69 Å². The van der Waals surface area contributed by atoms with Crippen LogP contribution in [0.3, 0.4) is 0 Å². The Labute approximate surface area is 187 Å². The van der Waals surface area contributed by atoms with Crippen molar-refractivity contribution in [1.29, 1.82) is 0 Å². The number of likely N-dealkylation sites (tertiary alicyclic amines) is 2. The topological polar surface area (TPSA) is 86.0 Å². The van der Waals surface area contributed by atoms with Gasteiger partial charge in [0.15, 0.2) is 5.76 Å². The van der Waals surface area contributed by atoms with Crippen LogP contribution >= 0.6 is 0 Å². The third kappa shape index (κ3) is 3.18. The lowest BCUT2D eigenvalue weighted by Gasteiger charge is -2.54. The average Bonchev–Trinajstić information content (AvgIpc) is 3.45. The zero-order valence-electron chi connectivity index (χ0n) is 18.1. The second kappa shape index (κ2) is 7.46. The van der Waals surface area contributed by atoms with E-state index in [1.54, 1.807) is 12.1 Å². The fourth-order valence-electron chi connectivity index (χ4n) is 6.40. The lowest BCUT2D eigenvalue weighted by atomic mass is 9.60. The van der Waals surface area contributed by atoms with Crippen molar-refractivity contribution in [1.82, 2.24) is 9.80 Å². The molecule has 6 rings (SSSR count). The van der Waals surface area contributed by atoms with E-state index in [4.69, 9.17) is 9.52 Å². The second-order valence-corrected chi connectivity index (χ2v) is 10.0. The van der Waals surface area contributed by atoms with Crippen LogP contribution in [0.2, 0.25) is 0 Å². The van der Waals surface area contributed by atoms with Crippen molar-refractivity contribution in [2.75, 3.05) is 31.5 Å². The van der Waals surface area contributed by atoms with E-state index in [2.05, 4.69) is 22.3 Å². The Morgan fingerprint density at radius 3 is 2.59 bits per heavy atom. The van der Waals surface area contributed by atoms with Crippen LogP contribution in [-0.2, 0) is 11.4 Å². The van der Waals surface area contributed by atoms with E-state index in [0.29, 0.717) is 28.9 Å². The summed E-state index contributed by atoms with van der Waals surface area (Å²) >= 11 is 0.